The lowest BCUT2D eigenvalue weighted by Gasteiger charge is -2.16. The van der Waals surface area contributed by atoms with Gasteiger partial charge in [0.05, 0.1) is 24.0 Å². The molecule has 2 aromatic heterocycles. The monoisotopic (exact) mass is 538 g/mol. The van der Waals surface area contributed by atoms with Gasteiger partial charge < -0.3 is 25.2 Å². The molecule has 0 aliphatic carbocycles. The van der Waals surface area contributed by atoms with E-state index in [0.717, 1.165) is 23.3 Å². The summed E-state index contributed by atoms with van der Waals surface area (Å²) in [5, 5.41) is 9.90. The summed E-state index contributed by atoms with van der Waals surface area (Å²) in [5.74, 6) is 2.48. The van der Waals surface area contributed by atoms with Crippen molar-refractivity contribution >= 4 is 46.3 Å². The molecule has 4 heterocycles. The topological polar surface area (TPSA) is 144 Å². The highest BCUT2D eigenvalue weighted by Crippen LogP contribution is 2.39. The van der Waals surface area contributed by atoms with Gasteiger partial charge in [-0.15, -0.1) is 6.58 Å². The van der Waals surface area contributed by atoms with Crippen LogP contribution in [0.2, 0.25) is 0 Å². The number of aromatic nitrogens is 4. The molecular formula is C28H30N10O2. The minimum atomic E-state index is 0.263. The van der Waals surface area contributed by atoms with Crippen LogP contribution in [0.5, 0.6) is 11.5 Å². The van der Waals surface area contributed by atoms with Gasteiger partial charge in [-0.2, -0.15) is 5.11 Å². The van der Waals surface area contributed by atoms with Crippen LogP contribution < -0.4 is 20.3 Å². The summed E-state index contributed by atoms with van der Waals surface area (Å²) in [7, 11) is 1.78. The second-order valence-corrected chi connectivity index (χ2v) is 9.38. The third kappa shape index (κ3) is 5.23. The Labute approximate surface area is 231 Å². The number of hydrogen-bond donors (Lipinski definition) is 3. The average molecular weight is 539 g/mol. The Bertz CT molecular complexity index is 1560. The van der Waals surface area contributed by atoms with Crippen LogP contribution in [0.15, 0.2) is 66.7 Å². The predicted octanol–water partition coefficient (Wildman–Crippen LogP) is 5.19. The lowest BCUT2D eigenvalue weighted by molar-refractivity contribution is -0.117. The van der Waals surface area contributed by atoms with E-state index in [0.29, 0.717) is 53.1 Å². The summed E-state index contributed by atoms with van der Waals surface area (Å²) >= 11 is 0. The zero-order valence-electron chi connectivity index (χ0n) is 22.5. The van der Waals surface area contributed by atoms with Gasteiger partial charge in [-0.25, -0.2) is 25.5 Å². The van der Waals surface area contributed by atoms with Crippen molar-refractivity contribution in [3.05, 3.63) is 67.1 Å². The van der Waals surface area contributed by atoms with Crippen LogP contribution in [-0.2, 0) is 4.79 Å². The van der Waals surface area contributed by atoms with Crippen molar-refractivity contribution in [3.63, 3.8) is 0 Å². The van der Waals surface area contributed by atoms with Crippen molar-refractivity contribution in [1.29, 1.82) is 5.53 Å². The number of aryl methyl sites for hydroxylation is 1. The molecule has 2 aromatic carbocycles. The number of piperazine rings is 1. The van der Waals surface area contributed by atoms with E-state index in [4.69, 9.17) is 15.3 Å². The highest BCUT2D eigenvalue weighted by Gasteiger charge is 2.55. The average Bonchev–Trinajstić information content (AvgIpc) is 3.47. The number of rotatable bonds is 8. The molecule has 0 saturated carbocycles. The lowest BCUT2D eigenvalue weighted by Crippen LogP contribution is -2.28. The fraction of sp³-hybridized carbons (Fsp3) is 0.250. The number of benzene rings is 2. The quantitative estimate of drug-likeness (QED) is 0.119. The number of likely N-dealkylation sites (tertiary alicyclic amines) is 1. The number of fused-ring (bicyclic) bond motifs is 2. The van der Waals surface area contributed by atoms with Crippen LogP contribution in [-0.4, -0.2) is 63.5 Å². The normalized spacial score (nSPS) is 16.9. The van der Waals surface area contributed by atoms with Gasteiger partial charge in [0.15, 0.2) is 5.82 Å². The van der Waals surface area contributed by atoms with Gasteiger partial charge in [-0.1, -0.05) is 6.08 Å². The van der Waals surface area contributed by atoms with Gasteiger partial charge in [0.2, 0.25) is 12.4 Å². The van der Waals surface area contributed by atoms with Crippen LogP contribution in [0.25, 0.3) is 11.0 Å². The van der Waals surface area contributed by atoms with Gasteiger partial charge >= 0.3 is 0 Å². The third-order valence-electron chi connectivity index (χ3n) is 6.68. The number of allylic oxidation sites excluding steroid dienone is 1. The summed E-state index contributed by atoms with van der Waals surface area (Å²) < 4.78 is 6.05. The third-order valence-corrected chi connectivity index (χ3v) is 6.68. The number of carbonyl (C=O) groups excluding carboxylic acids is 1. The molecule has 12 nitrogen and oxygen atoms in total. The van der Waals surface area contributed by atoms with E-state index in [1.165, 1.54) is 6.33 Å². The molecule has 0 spiro atoms. The Morgan fingerprint density at radius 1 is 1.15 bits per heavy atom. The van der Waals surface area contributed by atoms with Crippen molar-refractivity contribution < 1.29 is 9.53 Å². The number of nitrogens with one attached hydrogen (secondary N) is 3. The van der Waals surface area contributed by atoms with E-state index in [1.54, 1.807) is 30.3 Å². The Hall–Kier alpha value is -5.13. The Morgan fingerprint density at radius 2 is 1.93 bits per heavy atom. The fourth-order valence-corrected chi connectivity index (χ4v) is 4.74. The minimum absolute atomic E-state index is 0.263. The standard InChI is InChI=1S/C25H24N10O2.C3H6/c1-14-7-15(3-6-22(14)37-16-4-5-17(27-2)18(8-16)33-26)31-24-23-19(29-12-30-24)9-28-25(32-23)35-20-10-34(13-36)11-21(20)35;1-3-2/h3-9,12-13,20-21,26-27H,10-11H2,1-2H3,(H,29,30,31);3H,1H2,2H3. The molecule has 40 heavy (non-hydrogen) atoms. The molecule has 1 amide bonds. The Balaban J connectivity index is 0.00000103. The first-order chi connectivity index (χ1) is 19.5. The Morgan fingerprint density at radius 3 is 2.60 bits per heavy atom. The van der Waals surface area contributed by atoms with Crippen molar-refractivity contribution in [2.75, 3.05) is 35.7 Å². The summed E-state index contributed by atoms with van der Waals surface area (Å²) in [6.07, 6.45) is 5.83. The Kier molecular flexibility index (Phi) is 7.49. The van der Waals surface area contributed by atoms with Crippen LogP contribution >= 0.6 is 0 Å². The van der Waals surface area contributed by atoms with Crippen molar-refractivity contribution in [2.45, 2.75) is 25.9 Å². The van der Waals surface area contributed by atoms with Gasteiger partial charge in [0, 0.05) is 31.9 Å². The molecule has 2 aliphatic rings. The fourth-order valence-electron chi connectivity index (χ4n) is 4.74. The molecule has 2 atom stereocenters. The van der Waals surface area contributed by atoms with Gasteiger partial charge in [-0.3, -0.25) is 4.79 Å². The van der Waals surface area contributed by atoms with Gasteiger partial charge in [0.1, 0.15) is 34.5 Å². The first-order valence-electron chi connectivity index (χ1n) is 12.8. The maximum atomic E-state index is 11.0. The number of hydrogen-bond acceptors (Lipinski definition) is 11. The molecule has 6 rings (SSSR count). The van der Waals surface area contributed by atoms with Crippen molar-refractivity contribution in [3.8, 4) is 11.5 Å². The van der Waals surface area contributed by atoms with Crippen LogP contribution in [0.4, 0.5) is 28.8 Å². The SMILES string of the molecule is C=CC.CNc1ccc(Oc2ccc(Nc3ncnc4cnc(N5C6CN(C=O)CC65)nc34)cc2C)cc1N=N. The molecule has 2 fully saturated rings. The van der Waals surface area contributed by atoms with Crippen LogP contribution in [0, 0.1) is 12.5 Å². The molecule has 3 N–H and O–H groups in total. The lowest BCUT2D eigenvalue weighted by atomic mass is 10.2. The first kappa shape index (κ1) is 26.5. The van der Waals surface area contributed by atoms with E-state index in [2.05, 4.69) is 42.2 Å². The molecule has 0 radical (unpaired) electrons. The zero-order chi connectivity index (χ0) is 28.2. The summed E-state index contributed by atoms with van der Waals surface area (Å²) in [5.41, 5.74) is 11.6. The highest BCUT2D eigenvalue weighted by molar-refractivity contribution is 5.87. The van der Waals surface area contributed by atoms with Crippen LogP contribution in [0.1, 0.15) is 12.5 Å². The first-order valence-corrected chi connectivity index (χ1v) is 12.8. The van der Waals surface area contributed by atoms with E-state index >= 15 is 0 Å². The molecule has 0 bridgehead atoms. The summed E-state index contributed by atoms with van der Waals surface area (Å²) in [6, 6.07) is 11.6. The predicted molar refractivity (Wildman–Crippen MR) is 154 cm³/mol. The number of amides is 1. The maximum Gasteiger partial charge on any atom is 0.226 e. The number of nitrogens with zero attached hydrogens (tertiary/aromatic N) is 7. The molecule has 2 unspecified atom stereocenters. The van der Waals surface area contributed by atoms with E-state index in [-0.39, 0.29) is 12.1 Å². The van der Waals surface area contributed by atoms with E-state index in [1.807, 2.05) is 44.2 Å². The van der Waals surface area contributed by atoms with Crippen LogP contribution in [0.3, 0.4) is 0 Å². The van der Waals surface area contributed by atoms with Crippen molar-refractivity contribution in [2.24, 2.45) is 5.11 Å². The van der Waals surface area contributed by atoms with E-state index < -0.39 is 0 Å². The molecule has 204 valence electrons. The smallest absolute Gasteiger partial charge is 0.226 e. The highest BCUT2D eigenvalue weighted by atomic mass is 16.5. The second-order valence-electron chi connectivity index (χ2n) is 9.38. The van der Waals surface area contributed by atoms with Gasteiger partial charge in [-0.05, 0) is 49.7 Å². The summed E-state index contributed by atoms with van der Waals surface area (Å²) in [6.45, 7) is 8.59. The molecular weight excluding hydrogens is 508 g/mol. The maximum absolute atomic E-state index is 11.0. The van der Waals surface area contributed by atoms with Crippen molar-refractivity contribution in [1.82, 2.24) is 24.8 Å². The second kappa shape index (κ2) is 11.3. The molecule has 4 aromatic rings. The molecule has 2 saturated heterocycles. The molecule has 2 aliphatic heterocycles. The number of ether oxygens (including phenoxy) is 1. The number of anilines is 4. The van der Waals surface area contributed by atoms with E-state index in [9.17, 15) is 4.79 Å². The summed E-state index contributed by atoms with van der Waals surface area (Å²) in [4.78, 5) is 32.9. The van der Waals surface area contributed by atoms with Gasteiger partial charge in [0.25, 0.3) is 0 Å². The number of carbonyl (C=O) groups is 1. The zero-order valence-corrected chi connectivity index (χ0v) is 22.5. The molecule has 12 heteroatoms. The minimum Gasteiger partial charge on any atom is -0.457 e. The largest absolute Gasteiger partial charge is 0.457 e.